The van der Waals surface area contributed by atoms with Crippen LogP contribution < -0.4 is 5.11 Å². The molecule has 0 bridgehead atoms. The van der Waals surface area contributed by atoms with E-state index in [1.54, 1.807) is 0 Å². The number of hydrogen-bond donors (Lipinski definition) is 0. The van der Waals surface area contributed by atoms with Crippen LogP contribution in [0.15, 0.2) is 22.7 Å². The Bertz CT molecular complexity index is 499. The first kappa shape index (κ1) is 15.5. The molecule has 0 unspecified atom stereocenters. The summed E-state index contributed by atoms with van der Waals surface area (Å²) >= 11 is 2.92. The number of carboxylic acids is 1. The molecule has 0 heterocycles. The maximum absolute atomic E-state index is 12.4. The lowest BCUT2D eigenvalue weighted by Crippen LogP contribution is -2.26. The molecule has 1 aromatic rings. The van der Waals surface area contributed by atoms with Crippen molar-refractivity contribution in [1.82, 2.24) is 0 Å². The summed E-state index contributed by atoms with van der Waals surface area (Å²) in [6, 6.07) is 2.83. The smallest absolute Gasteiger partial charge is 0.416 e. The first-order valence-corrected chi connectivity index (χ1v) is 5.70. The fraction of sp³-hybridized carbons (Fsp3) is 0.273. The summed E-state index contributed by atoms with van der Waals surface area (Å²) in [5, 5.41) is 10.1. The van der Waals surface area contributed by atoms with Gasteiger partial charge in [-0.2, -0.15) is 13.2 Å². The fourth-order valence-corrected chi connectivity index (χ4v) is 1.66. The molecule has 0 saturated heterocycles. The highest BCUT2D eigenvalue weighted by molar-refractivity contribution is 9.10. The molecule has 8 heteroatoms. The van der Waals surface area contributed by atoms with E-state index in [9.17, 15) is 27.9 Å². The van der Waals surface area contributed by atoms with Gasteiger partial charge in [0.25, 0.3) is 0 Å². The molecule has 0 N–H and O–H groups in total. The minimum atomic E-state index is -4.47. The van der Waals surface area contributed by atoms with E-state index in [4.69, 9.17) is 0 Å². The Hall–Kier alpha value is -1.57. The van der Waals surface area contributed by atoms with Gasteiger partial charge in [-0.25, -0.2) is 0 Å². The molecule has 4 nitrogen and oxygen atoms in total. The van der Waals surface area contributed by atoms with Gasteiger partial charge in [-0.05, 0) is 12.1 Å². The Balaban J connectivity index is 2.71. The number of carbonyl (C=O) groups is 2. The number of aliphatic carboxylic acids is 1. The van der Waals surface area contributed by atoms with E-state index in [-0.39, 0.29) is 11.1 Å². The van der Waals surface area contributed by atoms with Crippen LogP contribution in [0.4, 0.5) is 13.2 Å². The zero-order chi connectivity index (χ0) is 14.6. The lowest BCUT2D eigenvalue weighted by atomic mass is 10.1. The first-order chi connectivity index (χ1) is 8.70. The molecule has 0 aliphatic heterocycles. The van der Waals surface area contributed by atoms with Crippen molar-refractivity contribution in [2.45, 2.75) is 19.2 Å². The van der Waals surface area contributed by atoms with E-state index < -0.39 is 30.1 Å². The predicted molar refractivity (Wildman–Crippen MR) is 58.6 cm³/mol. The van der Waals surface area contributed by atoms with Crippen molar-refractivity contribution in [3.63, 3.8) is 0 Å². The maximum Gasteiger partial charge on any atom is 0.416 e. The number of rotatable bonds is 4. The maximum atomic E-state index is 12.4. The molecule has 0 fully saturated rings. The van der Waals surface area contributed by atoms with Crippen molar-refractivity contribution >= 4 is 27.9 Å². The van der Waals surface area contributed by atoms with Gasteiger partial charge in [0.1, 0.15) is 6.61 Å². The highest BCUT2D eigenvalue weighted by Gasteiger charge is 2.30. The summed E-state index contributed by atoms with van der Waals surface area (Å²) < 4.78 is 41.8. The molecule has 0 aliphatic carbocycles. The topological polar surface area (TPSA) is 66.4 Å². The first-order valence-electron chi connectivity index (χ1n) is 4.91. The minimum Gasteiger partial charge on any atom is -0.550 e. The molecule has 0 atom stereocenters. The van der Waals surface area contributed by atoms with E-state index >= 15 is 0 Å². The van der Waals surface area contributed by atoms with E-state index in [0.29, 0.717) is 5.56 Å². The van der Waals surface area contributed by atoms with Gasteiger partial charge in [0.15, 0.2) is 0 Å². The molecule has 0 spiro atoms. The van der Waals surface area contributed by atoms with Crippen molar-refractivity contribution in [2.75, 3.05) is 0 Å². The SMILES string of the molecule is O=C([O-])CC(=O)OCc1ccc(C(F)(F)F)cc1Br. The summed E-state index contributed by atoms with van der Waals surface area (Å²) in [5.41, 5.74) is -0.552. The Morgan fingerprint density at radius 3 is 2.42 bits per heavy atom. The number of benzene rings is 1. The van der Waals surface area contributed by atoms with Crippen molar-refractivity contribution in [3.8, 4) is 0 Å². The number of alkyl halides is 3. The molecule has 0 aromatic heterocycles. The molecular formula is C11H7BrF3O4-. The quantitative estimate of drug-likeness (QED) is 0.618. The second kappa shape index (κ2) is 6.05. The van der Waals surface area contributed by atoms with Crippen LogP contribution in [0.5, 0.6) is 0 Å². The number of halogens is 4. The van der Waals surface area contributed by atoms with Gasteiger partial charge in [-0.15, -0.1) is 0 Å². The molecule has 0 saturated carbocycles. The Morgan fingerprint density at radius 2 is 1.95 bits per heavy atom. The van der Waals surface area contributed by atoms with Crippen LogP contribution in [0, 0.1) is 0 Å². The van der Waals surface area contributed by atoms with Gasteiger partial charge in [-0.3, -0.25) is 4.79 Å². The van der Waals surface area contributed by atoms with Crippen LogP contribution in [0.2, 0.25) is 0 Å². The third-order valence-electron chi connectivity index (χ3n) is 2.06. The summed E-state index contributed by atoms with van der Waals surface area (Å²) in [5.74, 6) is -2.61. The van der Waals surface area contributed by atoms with Gasteiger partial charge in [-0.1, -0.05) is 22.0 Å². The predicted octanol–water partition coefficient (Wildman–Crippen LogP) is 1.65. The van der Waals surface area contributed by atoms with Gasteiger partial charge < -0.3 is 14.6 Å². The highest BCUT2D eigenvalue weighted by atomic mass is 79.9. The molecule has 1 aromatic carbocycles. The standard InChI is InChI=1S/C11H8BrF3O4/c12-8-3-7(11(13,14)15)2-1-6(8)5-19-10(18)4-9(16)17/h1-3H,4-5H2,(H,16,17)/p-1. The number of hydrogen-bond acceptors (Lipinski definition) is 4. The second-order valence-electron chi connectivity index (χ2n) is 3.51. The summed E-state index contributed by atoms with van der Waals surface area (Å²) in [7, 11) is 0. The largest absolute Gasteiger partial charge is 0.550 e. The molecule has 19 heavy (non-hydrogen) atoms. The Kier molecular flexibility index (Phi) is 4.93. The monoisotopic (exact) mass is 339 g/mol. The average Bonchev–Trinajstić information content (AvgIpc) is 2.25. The average molecular weight is 340 g/mol. The van der Waals surface area contributed by atoms with E-state index in [1.807, 2.05) is 0 Å². The van der Waals surface area contributed by atoms with Crippen LogP contribution in [0.25, 0.3) is 0 Å². The zero-order valence-corrected chi connectivity index (χ0v) is 10.9. The fourth-order valence-electron chi connectivity index (χ4n) is 1.17. The number of carboxylic acid groups (broad SMARTS) is 1. The lowest BCUT2D eigenvalue weighted by molar-refractivity contribution is -0.305. The Morgan fingerprint density at radius 1 is 1.32 bits per heavy atom. The molecule has 0 radical (unpaired) electrons. The van der Waals surface area contributed by atoms with Crippen LogP contribution >= 0.6 is 15.9 Å². The number of ether oxygens (including phenoxy) is 1. The second-order valence-corrected chi connectivity index (χ2v) is 4.37. The van der Waals surface area contributed by atoms with Crippen LogP contribution in [-0.2, 0) is 27.1 Å². The molecular weight excluding hydrogens is 333 g/mol. The number of carbonyl (C=O) groups excluding carboxylic acids is 2. The molecule has 0 aliphatic rings. The summed E-state index contributed by atoms with van der Waals surface area (Å²) in [6.45, 7) is -0.329. The van der Waals surface area contributed by atoms with Crippen LogP contribution in [0.1, 0.15) is 17.5 Å². The Labute approximate surface area is 114 Å². The highest BCUT2D eigenvalue weighted by Crippen LogP contribution is 2.32. The van der Waals surface area contributed by atoms with Crippen molar-refractivity contribution in [2.24, 2.45) is 0 Å². The normalized spacial score (nSPS) is 11.2. The molecule has 104 valence electrons. The molecule has 1 rings (SSSR count). The van der Waals surface area contributed by atoms with Gasteiger partial charge in [0.05, 0.1) is 18.0 Å². The van der Waals surface area contributed by atoms with E-state index in [0.717, 1.165) is 18.2 Å². The minimum absolute atomic E-state index is 0.114. The van der Waals surface area contributed by atoms with Gasteiger partial charge >= 0.3 is 12.1 Å². The van der Waals surface area contributed by atoms with Gasteiger partial charge in [0.2, 0.25) is 0 Å². The van der Waals surface area contributed by atoms with Crippen molar-refractivity contribution in [3.05, 3.63) is 33.8 Å². The number of esters is 1. The zero-order valence-electron chi connectivity index (χ0n) is 9.29. The van der Waals surface area contributed by atoms with Crippen LogP contribution in [0.3, 0.4) is 0 Å². The van der Waals surface area contributed by atoms with Crippen molar-refractivity contribution < 1.29 is 32.6 Å². The summed E-state index contributed by atoms with van der Waals surface area (Å²) in [6.07, 6.45) is -5.37. The van der Waals surface area contributed by atoms with E-state index in [2.05, 4.69) is 20.7 Å². The van der Waals surface area contributed by atoms with Gasteiger partial charge in [0, 0.05) is 10.0 Å². The molecule has 0 amide bonds. The third kappa shape index (κ3) is 4.90. The third-order valence-corrected chi connectivity index (χ3v) is 2.80. The van der Waals surface area contributed by atoms with E-state index in [1.165, 1.54) is 0 Å². The summed E-state index contributed by atoms with van der Waals surface area (Å²) in [4.78, 5) is 21.0. The van der Waals surface area contributed by atoms with Crippen LogP contribution in [-0.4, -0.2) is 11.9 Å². The lowest BCUT2D eigenvalue weighted by Gasteiger charge is -2.10. The van der Waals surface area contributed by atoms with Crippen molar-refractivity contribution in [1.29, 1.82) is 0 Å².